The Labute approximate surface area is 175 Å². The molecule has 0 amide bonds. The Kier molecular flexibility index (Phi) is 5.62. The fraction of sp³-hybridized carbons (Fsp3) is 0.500. The summed E-state index contributed by atoms with van der Waals surface area (Å²) in [6.45, 7) is 7.30. The number of ether oxygens (including phenoxy) is 1. The minimum atomic E-state index is -0.354. The van der Waals surface area contributed by atoms with Gasteiger partial charge in [-0.05, 0) is 25.8 Å². The highest BCUT2D eigenvalue weighted by molar-refractivity contribution is 5.71. The van der Waals surface area contributed by atoms with E-state index in [2.05, 4.69) is 26.0 Å². The fourth-order valence-corrected chi connectivity index (χ4v) is 4.51. The molecule has 1 aliphatic rings. The summed E-state index contributed by atoms with van der Waals surface area (Å²) in [7, 11) is 3.20. The lowest BCUT2D eigenvalue weighted by Gasteiger charge is -2.32. The third-order valence-corrected chi connectivity index (χ3v) is 5.92. The van der Waals surface area contributed by atoms with Crippen molar-refractivity contribution in [2.75, 3.05) is 13.1 Å². The van der Waals surface area contributed by atoms with Crippen LogP contribution in [-0.2, 0) is 38.3 Å². The van der Waals surface area contributed by atoms with E-state index in [9.17, 15) is 9.59 Å². The molecule has 8 heteroatoms. The maximum atomic E-state index is 13.0. The summed E-state index contributed by atoms with van der Waals surface area (Å²) < 4.78 is 10.5. The van der Waals surface area contributed by atoms with Crippen LogP contribution in [0.25, 0.3) is 11.2 Å². The Morgan fingerprint density at radius 3 is 2.40 bits per heavy atom. The number of quaternary nitrogens is 1. The Hall–Kier alpha value is -2.71. The van der Waals surface area contributed by atoms with Gasteiger partial charge in [-0.25, -0.2) is 9.78 Å². The molecule has 1 N–H and O–H groups in total. The molecule has 0 saturated carbocycles. The standard InChI is InChI=1S/C22H29N5O3/c1-15-12-26(13-16(2)30-15)14-18-23-20-19(21(28)25(4)22(29)24(20)3)27(18)11-10-17-8-6-5-7-9-17/h5-9,15-16H,10-14H2,1-4H3/p+1/t15-,16-/m1/s1. The van der Waals surface area contributed by atoms with Gasteiger partial charge in [-0.1, -0.05) is 30.3 Å². The van der Waals surface area contributed by atoms with Crippen molar-refractivity contribution in [2.45, 2.75) is 45.6 Å². The van der Waals surface area contributed by atoms with Crippen molar-refractivity contribution >= 4 is 11.2 Å². The summed E-state index contributed by atoms with van der Waals surface area (Å²) >= 11 is 0. The normalized spacial score (nSPS) is 21.9. The number of nitrogens with one attached hydrogen (secondary N) is 1. The molecule has 30 heavy (non-hydrogen) atoms. The summed E-state index contributed by atoms with van der Waals surface area (Å²) in [5, 5.41) is 0. The summed E-state index contributed by atoms with van der Waals surface area (Å²) in [6, 6.07) is 10.2. The lowest BCUT2D eigenvalue weighted by molar-refractivity contribution is -0.929. The van der Waals surface area contributed by atoms with Crippen molar-refractivity contribution < 1.29 is 9.64 Å². The van der Waals surface area contributed by atoms with Crippen molar-refractivity contribution in [3.63, 3.8) is 0 Å². The molecule has 3 heterocycles. The molecule has 1 aliphatic heterocycles. The van der Waals surface area contributed by atoms with E-state index in [1.807, 2.05) is 22.8 Å². The molecule has 0 radical (unpaired) electrons. The number of imidazole rings is 1. The monoisotopic (exact) mass is 412 g/mol. The third kappa shape index (κ3) is 3.85. The van der Waals surface area contributed by atoms with Gasteiger partial charge in [0.2, 0.25) is 0 Å². The van der Waals surface area contributed by atoms with E-state index < -0.39 is 0 Å². The first-order chi connectivity index (χ1) is 14.3. The second-order valence-corrected chi connectivity index (χ2v) is 8.39. The van der Waals surface area contributed by atoms with Crippen molar-refractivity contribution in [3.05, 3.63) is 62.6 Å². The van der Waals surface area contributed by atoms with Crippen LogP contribution in [0.1, 0.15) is 25.2 Å². The highest BCUT2D eigenvalue weighted by Gasteiger charge is 2.28. The van der Waals surface area contributed by atoms with Crippen LogP contribution in [0.3, 0.4) is 0 Å². The average Bonchev–Trinajstić information content (AvgIpc) is 3.07. The molecular weight excluding hydrogens is 382 g/mol. The molecule has 0 unspecified atom stereocenters. The Balaban J connectivity index is 1.77. The topological polar surface area (TPSA) is 75.5 Å². The van der Waals surface area contributed by atoms with Gasteiger partial charge < -0.3 is 14.2 Å². The van der Waals surface area contributed by atoms with Crippen molar-refractivity contribution in [3.8, 4) is 0 Å². The fourth-order valence-electron chi connectivity index (χ4n) is 4.51. The zero-order chi connectivity index (χ0) is 21.4. The molecule has 0 spiro atoms. The summed E-state index contributed by atoms with van der Waals surface area (Å²) in [5.74, 6) is 0.843. The molecule has 4 rings (SSSR count). The minimum Gasteiger partial charge on any atom is -0.364 e. The zero-order valence-corrected chi connectivity index (χ0v) is 18.1. The number of fused-ring (bicyclic) bond motifs is 1. The van der Waals surface area contributed by atoms with Gasteiger partial charge >= 0.3 is 5.69 Å². The minimum absolute atomic E-state index is 0.183. The molecule has 1 aromatic carbocycles. The first-order valence-corrected chi connectivity index (χ1v) is 10.5. The van der Waals surface area contributed by atoms with Crippen LogP contribution in [0.5, 0.6) is 0 Å². The maximum Gasteiger partial charge on any atom is 0.332 e. The number of aromatic nitrogens is 4. The van der Waals surface area contributed by atoms with Gasteiger partial charge in [0, 0.05) is 20.6 Å². The first-order valence-electron chi connectivity index (χ1n) is 10.5. The Bertz CT molecular complexity index is 1150. The largest absolute Gasteiger partial charge is 0.364 e. The van der Waals surface area contributed by atoms with Crippen molar-refractivity contribution in [1.82, 2.24) is 18.7 Å². The number of hydrogen-bond acceptors (Lipinski definition) is 4. The van der Waals surface area contributed by atoms with E-state index in [4.69, 9.17) is 9.72 Å². The SMILES string of the molecule is C[C@@H]1C[NH+](Cc2nc3c(c(=O)n(C)c(=O)n3C)n2CCc2ccccc2)C[C@@H](C)O1. The van der Waals surface area contributed by atoms with Gasteiger partial charge in [0.05, 0.1) is 0 Å². The van der Waals surface area contributed by atoms with Crippen LogP contribution in [0.15, 0.2) is 39.9 Å². The molecule has 0 aliphatic carbocycles. The molecule has 3 aromatic rings. The van der Waals surface area contributed by atoms with Crippen molar-refractivity contribution in [1.29, 1.82) is 0 Å². The van der Waals surface area contributed by atoms with Crippen LogP contribution in [0, 0.1) is 0 Å². The van der Waals surface area contributed by atoms with E-state index in [-0.39, 0.29) is 23.5 Å². The predicted molar refractivity (Wildman–Crippen MR) is 115 cm³/mol. The lowest BCUT2D eigenvalue weighted by Crippen LogP contribution is -3.14. The molecule has 8 nitrogen and oxygen atoms in total. The van der Waals surface area contributed by atoms with Crippen LogP contribution >= 0.6 is 0 Å². The number of morpholine rings is 1. The Morgan fingerprint density at radius 1 is 1.07 bits per heavy atom. The lowest BCUT2D eigenvalue weighted by atomic mass is 10.1. The number of nitrogens with zero attached hydrogens (tertiary/aromatic N) is 4. The van der Waals surface area contributed by atoms with Gasteiger partial charge in [0.25, 0.3) is 5.56 Å². The second-order valence-electron chi connectivity index (χ2n) is 8.39. The molecule has 1 saturated heterocycles. The van der Waals surface area contributed by atoms with E-state index in [0.29, 0.717) is 24.3 Å². The summed E-state index contributed by atoms with van der Waals surface area (Å²) in [4.78, 5) is 31.6. The van der Waals surface area contributed by atoms with E-state index >= 15 is 0 Å². The van der Waals surface area contributed by atoms with Crippen LogP contribution in [0.4, 0.5) is 0 Å². The highest BCUT2D eigenvalue weighted by Crippen LogP contribution is 2.13. The van der Waals surface area contributed by atoms with Gasteiger partial charge in [-0.15, -0.1) is 0 Å². The predicted octanol–water partition coefficient (Wildman–Crippen LogP) is -0.131. The van der Waals surface area contributed by atoms with E-state index in [1.165, 1.54) is 26.6 Å². The molecule has 2 atom stereocenters. The quantitative estimate of drug-likeness (QED) is 0.634. The number of aryl methyl sites for hydroxylation is 3. The number of benzene rings is 1. The smallest absolute Gasteiger partial charge is 0.332 e. The van der Waals surface area contributed by atoms with Crippen LogP contribution in [0.2, 0.25) is 0 Å². The third-order valence-electron chi connectivity index (χ3n) is 5.92. The van der Waals surface area contributed by atoms with Gasteiger partial charge in [-0.2, -0.15) is 0 Å². The molecule has 160 valence electrons. The van der Waals surface area contributed by atoms with Crippen molar-refractivity contribution in [2.24, 2.45) is 14.1 Å². The molecule has 2 aromatic heterocycles. The molecule has 1 fully saturated rings. The number of rotatable bonds is 5. The summed E-state index contributed by atoms with van der Waals surface area (Å²) in [6.07, 6.45) is 1.16. The number of hydrogen-bond donors (Lipinski definition) is 1. The van der Waals surface area contributed by atoms with Gasteiger partial charge in [-0.3, -0.25) is 13.9 Å². The second kappa shape index (κ2) is 8.20. The van der Waals surface area contributed by atoms with Crippen LogP contribution < -0.4 is 16.1 Å². The Morgan fingerprint density at radius 2 is 1.73 bits per heavy atom. The molecular formula is C22H30N5O3+. The molecule has 0 bridgehead atoms. The van der Waals surface area contributed by atoms with Gasteiger partial charge in [0.1, 0.15) is 31.8 Å². The summed E-state index contributed by atoms with van der Waals surface area (Å²) in [5.41, 5.74) is 1.51. The highest BCUT2D eigenvalue weighted by atomic mass is 16.5. The average molecular weight is 413 g/mol. The van der Waals surface area contributed by atoms with Crippen LogP contribution in [-0.4, -0.2) is 44.0 Å². The first kappa shape index (κ1) is 20.6. The zero-order valence-electron chi connectivity index (χ0n) is 18.1. The van der Waals surface area contributed by atoms with E-state index in [1.54, 1.807) is 7.05 Å². The maximum absolute atomic E-state index is 13.0. The van der Waals surface area contributed by atoms with Gasteiger partial charge in [0.15, 0.2) is 17.0 Å². The van der Waals surface area contributed by atoms with E-state index in [0.717, 1.165) is 25.3 Å².